The van der Waals surface area contributed by atoms with E-state index in [0.717, 1.165) is 6.07 Å². The number of benzene rings is 2. The number of anilines is 2. The maximum Gasteiger partial charge on any atom is 0.341 e. The lowest BCUT2D eigenvalue weighted by Crippen LogP contribution is -2.40. The number of nitro benzene ring substituents is 1. The molecular weight excluding hydrogens is 362 g/mol. The first-order valence-electron chi connectivity index (χ1n) is 8.79. The molecule has 0 aliphatic rings. The number of esters is 1. The molecule has 8 heteroatoms. The van der Waals surface area contributed by atoms with Gasteiger partial charge in [0.05, 0.1) is 16.2 Å². The molecule has 0 bridgehead atoms. The predicted octanol–water partition coefficient (Wildman–Crippen LogP) is 3.26. The smallest absolute Gasteiger partial charge is 0.341 e. The second kappa shape index (κ2) is 8.98. The Bertz CT molecular complexity index is 867. The van der Waals surface area contributed by atoms with Crippen LogP contribution in [0.1, 0.15) is 24.2 Å². The summed E-state index contributed by atoms with van der Waals surface area (Å²) in [5.74, 6) is -1.17. The quantitative estimate of drug-likeness (QED) is 0.413. The van der Waals surface area contributed by atoms with Crippen LogP contribution in [0.15, 0.2) is 48.5 Å². The van der Waals surface area contributed by atoms with E-state index in [-0.39, 0.29) is 17.2 Å². The highest BCUT2D eigenvalue weighted by Gasteiger charge is 2.27. The first-order chi connectivity index (χ1) is 13.3. The molecule has 2 aromatic carbocycles. The molecule has 2 rings (SSSR count). The van der Waals surface area contributed by atoms with Gasteiger partial charge in [-0.25, -0.2) is 4.79 Å². The van der Waals surface area contributed by atoms with Crippen LogP contribution in [0, 0.1) is 10.1 Å². The van der Waals surface area contributed by atoms with Gasteiger partial charge in [-0.2, -0.15) is 0 Å². The minimum absolute atomic E-state index is 0.0293. The Morgan fingerprint density at radius 2 is 1.79 bits per heavy atom. The maximum absolute atomic E-state index is 12.8. The minimum atomic E-state index is -1.05. The third-order valence-corrected chi connectivity index (χ3v) is 4.17. The fourth-order valence-electron chi connectivity index (χ4n) is 2.76. The standard InChI is InChI=1S/C20H23N3O5/c1-5-22(15-9-7-6-8-10-15)19(24)14(2)28-20(25)17-13-16(23(26)27)11-12-18(17)21(3)4/h6-14H,5H2,1-4H3/t14-/m0/s1. The SMILES string of the molecule is CCN(C(=O)[C@H](C)OC(=O)c1cc([N+](=O)[O-])ccc1N(C)C)c1ccccc1. The summed E-state index contributed by atoms with van der Waals surface area (Å²) in [4.78, 5) is 39.1. The third kappa shape index (κ3) is 4.64. The van der Waals surface area contributed by atoms with Gasteiger partial charge < -0.3 is 14.5 Å². The fourth-order valence-corrected chi connectivity index (χ4v) is 2.76. The van der Waals surface area contributed by atoms with E-state index in [0.29, 0.717) is 17.9 Å². The molecule has 0 spiro atoms. The number of para-hydroxylation sites is 1. The van der Waals surface area contributed by atoms with Crippen LogP contribution in [0.3, 0.4) is 0 Å². The second-order valence-electron chi connectivity index (χ2n) is 6.32. The number of carbonyl (C=O) groups excluding carboxylic acids is 2. The average Bonchev–Trinajstić information content (AvgIpc) is 2.68. The molecule has 0 aromatic heterocycles. The van der Waals surface area contributed by atoms with Crippen molar-refractivity contribution in [1.29, 1.82) is 0 Å². The lowest BCUT2D eigenvalue weighted by Gasteiger charge is -2.25. The number of ether oxygens (including phenoxy) is 1. The normalized spacial score (nSPS) is 11.4. The summed E-state index contributed by atoms with van der Waals surface area (Å²) in [7, 11) is 3.42. The zero-order chi connectivity index (χ0) is 20.8. The summed E-state index contributed by atoms with van der Waals surface area (Å²) in [5.41, 5.74) is 0.963. The topological polar surface area (TPSA) is 93.0 Å². The number of amides is 1. The Kier molecular flexibility index (Phi) is 6.70. The number of nitrogens with zero attached hydrogens (tertiary/aromatic N) is 3. The largest absolute Gasteiger partial charge is 0.449 e. The average molecular weight is 385 g/mol. The Morgan fingerprint density at radius 1 is 1.14 bits per heavy atom. The van der Waals surface area contributed by atoms with Crippen molar-refractivity contribution >= 4 is 28.9 Å². The molecule has 148 valence electrons. The van der Waals surface area contributed by atoms with Gasteiger partial charge in [0.15, 0.2) is 6.10 Å². The van der Waals surface area contributed by atoms with Crippen LogP contribution in [0.25, 0.3) is 0 Å². The van der Waals surface area contributed by atoms with Crippen molar-refractivity contribution < 1.29 is 19.2 Å². The number of hydrogen-bond acceptors (Lipinski definition) is 6. The number of carbonyl (C=O) groups is 2. The summed E-state index contributed by atoms with van der Waals surface area (Å²) >= 11 is 0. The van der Waals surface area contributed by atoms with Crippen molar-refractivity contribution in [3.63, 3.8) is 0 Å². The van der Waals surface area contributed by atoms with Crippen LogP contribution >= 0.6 is 0 Å². The summed E-state index contributed by atoms with van der Waals surface area (Å²) in [6, 6.07) is 13.0. The molecular formula is C20H23N3O5. The molecule has 0 radical (unpaired) electrons. The van der Waals surface area contributed by atoms with Gasteiger partial charge >= 0.3 is 5.97 Å². The van der Waals surface area contributed by atoms with E-state index in [9.17, 15) is 19.7 Å². The van der Waals surface area contributed by atoms with Gasteiger partial charge in [0.1, 0.15) is 0 Å². The van der Waals surface area contributed by atoms with Crippen molar-refractivity contribution in [2.75, 3.05) is 30.4 Å². The second-order valence-corrected chi connectivity index (χ2v) is 6.32. The highest BCUT2D eigenvalue weighted by Crippen LogP contribution is 2.25. The monoisotopic (exact) mass is 385 g/mol. The van der Waals surface area contributed by atoms with Gasteiger partial charge in [0, 0.05) is 38.5 Å². The van der Waals surface area contributed by atoms with Gasteiger partial charge in [-0.3, -0.25) is 14.9 Å². The molecule has 0 aliphatic carbocycles. The van der Waals surface area contributed by atoms with Crippen molar-refractivity contribution in [2.24, 2.45) is 0 Å². The van der Waals surface area contributed by atoms with Crippen molar-refractivity contribution in [1.82, 2.24) is 0 Å². The molecule has 8 nitrogen and oxygen atoms in total. The van der Waals surface area contributed by atoms with E-state index in [2.05, 4.69) is 0 Å². The van der Waals surface area contributed by atoms with Gasteiger partial charge in [0.25, 0.3) is 11.6 Å². The first-order valence-corrected chi connectivity index (χ1v) is 8.79. The molecule has 0 unspecified atom stereocenters. The minimum Gasteiger partial charge on any atom is -0.449 e. The number of non-ortho nitro benzene ring substituents is 1. The molecule has 0 heterocycles. The van der Waals surface area contributed by atoms with Crippen molar-refractivity contribution in [3.8, 4) is 0 Å². The van der Waals surface area contributed by atoms with Gasteiger partial charge in [-0.15, -0.1) is 0 Å². The van der Waals surface area contributed by atoms with E-state index in [4.69, 9.17) is 4.74 Å². The molecule has 0 N–H and O–H groups in total. The Balaban J connectivity index is 2.25. The predicted molar refractivity (Wildman–Crippen MR) is 107 cm³/mol. The summed E-state index contributed by atoms with van der Waals surface area (Å²) in [6.07, 6.45) is -1.05. The van der Waals surface area contributed by atoms with Gasteiger partial charge in [-0.1, -0.05) is 18.2 Å². The zero-order valence-corrected chi connectivity index (χ0v) is 16.3. The number of hydrogen-bond donors (Lipinski definition) is 0. The van der Waals surface area contributed by atoms with Crippen LogP contribution in [-0.4, -0.2) is 43.5 Å². The van der Waals surface area contributed by atoms with Crippen LogP contribution in [0.5, 0.6) is 0 Å². The lowest BCUT2D eigenvalue weighted by atomic mass is 10.1. The van der Waals surface area contributed by atoms with Crippen molar-refractivity contribution in [3.05, 3.63) is 64.2 Å². The van der Waals surface area contributed by atoms with Crippen LogP contribution in [0.2, 0.25) is 0 Å². The molecule has 28 heavy (non-hydrogen) atoms. The van der Waals surface area contributed by atoms with E-state index in [1.807, 2.05) is 25.1 Å². The highest BCUT2D eigenvalue weighted by molar-refractivity contribution is 6.01. The zero-order valence-electron chi connectivity index (χ0n) is 16.3. The summed E-state index contributed by atoms with van der Waals surface area (Å²) < 4.78 is 5.35. The third-order valence-electron chi connectivity index (χ3n) is 4.17. The highest BCUT2D eigenvalue weighted by atomic mass is 16.6. The molecule has 0 saturated heterocycles. The molecule has 0 aliphatic heterocycles. The first kappa shape index (κ1) is 20.9. The number of rotatable bonds is 7. The molecule has 1 amide bonds. The van der Waals surface area contributed by atoms with E-state index in [1.54, 1.807) is 31.1 Å². The Labute approximate surface area is 163 Å². The van der Waals surface area contributed by atoms with E-state index in [1.165, 1.54) is 24.0 Å². The van der Waals surface area contributed by atoms with E-state index >= 15 is 0 Å². The summed E-state index contributed by atoms with van der Waals surface area (Å²) in [6.45, 7) is 3.72. The van der Waals surface area contributed by atoms with Crippen molar-refractivity contribution in [2.45, 2.75) is 20.0 Å². The van der Waals surface area contributed by atoms with Crippen LogP contribution in [0.4, 0.5) is 17.1 Å². The Hall–Kier alpha value is -3.42. The van der Waals surface area contributed by atoms with Gasteiger partial charge in [0.2, 0.25) is 0 Å². The Morgan fingerprint density at radius 3 is 2.32 bits per heavy atom. The number of nitro groups is 1. The van der Waals surface area contributed by atoms with Crippen LogP contribution in [-0.2, 0) is 9.53 Å². The fraction of sp³-hybridized carbons (Fsp3) is 0.300. The molecule has 2 aromatic rings. The van der Waals surface area contributed by atoms with Gasteiger partial charge in [-0.05, 0) is 32.0 Å². The van der Waals surface area contributed by atoms with Crippen LogP contribution < -0.4 is 9.80 Å². The molecule has 1 atom stereocenters. The molecule has 0 saturated carbocycles. The molecule has 0 fully saturated rings. The van der Waals surface area contributed by atoms with E-state index < -0.39 is 17.0 Å². The lowest BCUT2D eigenvalue weighted by molar-refractivity contribution is -0.384. The maximum atomic E-state index is 12.8. The summed E-state index contributed by atoms with van der Waals surface area (Å²) in [5, 5.41) is 11.1. The number of likely N-dealkylation sites (N-methyl/N-ethyl adjacent to an activating group) is 1.